The molecule has 154 valence electrons. The number of halogens is 2. The smallest absolute Gasteiger partial charge is 0.295 e. The standard InChI is InChI=1S/C18H17F2N3O5S/c1-18(2,25)9-23-15-10(8-21-17(22-15)29(3,26)27)6-14(16(23)24)28-13-5-4-11(19)7-12(13)20/h4-8,25H,9H2,1-3H3. The Bertz CT molecular complexity index is 1270. The van der Waals surface area contributed by atoms with Gasteiger partial charge in [0.15, 0.2) is 17.3 Å². The van der Waals surface area contributed by atoms with Gasteiger partial charge in [-0.05, 0) is 32.0 Å². The van der Waals surface area contributed by atoms with Crippen LogP contribution in [0.3, 0.4) is 0 Å². The highest BCUT2D eigenvalue weighted by molar-refractivity contribution is 7.90. The molecule has 2 heterocycles. The molecule has 0 amide bonds. The Kier molecular flexibility index (Phi) is 5.13. The van der Waals surface area contributed by atoms with Gasteiger partial charge < -0.3 is 9.84 Å². The Labute approximate surface area is 164 Å². The molecule has 2 aromatic heterocycles. The monoisotopic (exact) mass is 425 g/mol. The van der Waals surface area contributed by atoms with Crippen molar-refractivity contribution >= 4 is 20.9 Å². The first-order valence-electron chi connectivity index (χ1n) is 8.31. The lowest BCUT2D eigenvalue weighted by atomic mass is 10.1. The topological polar surface area (TPSA) is 111 Å². The van der Waals surface area contributed by atoms with Gasteiger partial charge in [0, 0.05) is 23.9 Å². The lowest BCUT2D eigenvalue weighted by molar-refractivity contribution is 0.0614. The third-order valence-corrected chi connectivity index (χ3v) is 4.62. The summed E-state index contributed by atoms with van der Waals surface area (Å²) in [7, 11) is -3.75. The molecule has 0 bridgehead atoms. The molecule has 0 atom stereocenters. The van der Waals surface area contributed by atoms with Crippen LogP contribution < -0.4 is 10.3 Å². The fraction of sp³-hybridized carbons (Fsp3) is 0.278. The molecule has 0 aliphatic rings. The number of hydrogen-bond donors (Lipinski definition) is 1. The second-order valence-electron chi connectivity index (χ2n) is 7.09. The summed E-state index contributed by atoms with van der Waals surface area (Å²) in [6, 6.07) is 3.81. The van der Waals surface area contributed by atoms with Crippen LogP contribution in [0.15, 0.2) is 40.4 Å². The summed E-state index contributed by atoms with van der Waals surface area (Å²) in [4.78, 5) is 20.6. The third-order valence-electron chi connectivity index (χ3n) is 3.76. The van der Waals surface area contributed by atoms with Gasteiger partial charge in [0.1, 0.15) is 11.5 Å². The van der Waals surface area contributed by atoms with Crippen LogP contribution in [0.5, 0.6) is 11.5 Å². The van der Waals surface area contributed by atoms with E-state index in [1.807, 2.05) is 0 Å². The fourth-order valence-corrected chi connectivity index (χ4v) is 3.07. The number of aliphatic hydroxyl groups is 1. The molecule has 0 radical (unpaired) electrons. The normalized spacial score (nSPS) is 12.3. The number of ether oxygens (including phenoxy) is 1. The van der Waals surface area contributed by atoms with E-state index in [0.717, 1.165) is 23.0 Å². The van der Waals surface area contributed by atoms with Crippen LogP contribution in [0.4, 0.5) is 8.78 Å². The molecule has 0 spiro atoms. The number of sulfone groups is 1. The molecule has 0 aliphatic carbocycles. The number of hydrogen-bond acceptors (Lipinski definition) is 7. The first-order valence-corrected chi connectivity index (χ1v) is 10.2. The van der Waals surface area contributed by atoms with E-state index in [4.69, 9.17) is 4.74 Å². The molecule has 8 nitrogen and oxygen atoms in total. The lowest BCUT2D eigenvalue weighted by Crippen LogP contribution is -2.33. The maximum absolute atomic E-state index is 13.9. The Morgan fingerprint density at radius 2 is 1.90 bits per heavy atom. The minimum atomic E-state index is -3.75. The van der Waals surface area contributed by atoms with Crippen molar-refractivity contribution in [3.05, 3.63) is 52.5 Å². The average molecular weight is 425 g/mol. The third kappa shape index (κ3) is 4.57. The van der Waals surface area contributed by atoms with Crippen LogP contribution in [0.1, 0.15) is 13.8 Å². The number of aromatic nitrogens is 3. The molecule has 29 heavy (non-hydrogen) atoms. The van der Waals surface area contributed by atoms with Crippen molar-refractivity contribution in [2.24, 2.45) is 0 Å². The number of benzene rings is 1. The summed E-state index contributed by atoms with van der Waals surface area (Å²) in [6.45, 7) is 2.62. The summed E-state index contributed by atoms with van der Waals surface area (Å²) in [6.07, 6.45) is 2.09. The maximum Gasteiger partial charge on any atom is 0.295 e. The molecule has 0 fully saturated rings. The molecular weight excluding hydrogens is 408 g/mol. The summed E-state index contributed by atoms with van der Waals surface area (Å²) in [5.74, 6) is -2.54. The Hall–Kier alpha value is -2.92. The summed E-state index contributed by atoms with van der Waals surface area (Å²) >= 11 is 0. The molecule has 11 heteroatoms. The fourth-order valence-electron chi connectivity index (χ4n) is 2.58. The first kappa shape index (κ1) is 20.8. The van der Waals surface area contributed by atoms with Crippen LogP contribution in [0.2, 0.25) is 0 Å². The number of pyridine rings is 1. The van der Waals surface area contributed by atoms with Gasteiger partial charge in [0.25, 0.3) is 5.56 Å². The van der Waals surface area contributed by atoms with Crippen LogP contribution >= 0.6 is 0 Å². The van der Waals surface area contributed by atoms with Crippen molar-refractivity contribution in [3.8, 4) is 11.5 Å². The lowest BCUT2D eigenvalue weighted by Gasteiger charge is -2.20. The van der Waals surface area contributed by atoms with E-state index in [0.29, 0.717) is 6.07 Å². The molecule has 0 saturated heterocycles. The minimum Gasteiger partial charge on any atom is -0.448 e. The van der Waals surface area contributed by atoms with Gasteiger partial charge in [-0.25, -0.2) is 22.2 Å². The maximum atomic E-state index is 13.9. The number of fused-ring (bicyclic) bond motifs is 1. The van der Waals surface area contributed by atoms with E-state index in [1.54, 1.807) is 0 Å². The summed E-state index contributed by atoms with van der Waals surface area (Å²) in [5, 5.41) is 9.90. The molecule has 0 saturated carbocycles. The molecule has 0 unspecified atom stereocenters. The zero-order chi connectivity index (χ0) is 21.6. The van der Waals surface area contributed by atoms with Crippen molar-refractivity contribution in [3.63, 3.8) is 0 Å². The minimum absolute atomic E-state index is 0.0421. The van der Waals surface area contributed by atoms with Crippen molar-refractivity contribution in [2.45, 2.75) is 31.1 Å². The molecular formula is C18H17F2N3O5S. The van der Waals surface area contributed by atoms with E-state index in [2.05, 4.69) is 9.97 Å². The SMILES string of the molecule is CC(C)(O)Cn1c(=O)c(Oc2ccc(F)cc2F)cc2cnc(S(C)(=O)=O)nc21. The van der Waals surface area contributed by atoms with Crippen molar-refractivity contribution in [2.75, 3.05) is 6.26 Å². The molecule has 0 aliphatic heterocycles. The summed E-state index contributed by atoms with van der Waals surface area (Å²) < 4.78 is 56.9. The Morgan fingerprint density at radius 1 is 1.21 bits per heavy atom. The van der Waals surface area contributed by atoms with Gasteiger partial charge in [-0.3, -0.25) is 9.36 Å². The zero-order valence-corrected chi connectivity index (χ0v) is 16.5. The van der Waals surface area contributed by atoms with Crippen LogP contribution in [0, 0.1) is 11.6 Å². The highest BCUT2D eigenvalue weighted by Gasteiger charge is 2.22. The molecule has 1 N–H and O–H groups in total. The Balaban J connectivity index is 2.24. The van der Waals surface area contributed by atoms with Gasteiger partial charge in [-0.15, -0.1) is 0 Å². The van der Waals surface area contributed by atoms with Gasteiger partial charge in [-0.1, -0.05) is 0 Å². The summed E-state index contributed by atoms with van der Waals surface area (Å²) in [5.41, 5.74) is -2.20. The highest BCUT2D eigenvalue weighted by atomic mass is 32.2. The second kappa shape index (κ2) is 7.16. The van der Waals surface area contributed by atoms with Gasteiger partial charge in [0.2, 0.25) is 15.0 Å². The highest BCUT2D eigenvalue weighted by Crippen LogP contribution is 2.25. The number of rotatable bonds is 5. The molecule has 3 aromatic rings. The van der Waals surface area contributed by atoms with E-state index < -0.39 is 37.8 Å². The van der Waals surface area contributed by atoms with E-state index in [9.17, 15) is 27.1 Å². The van der Waals surface area contributed by atoms with Crippen LogP contribution in [-0.4, -0.2) is 39.9 Å². The van der Waals surface area contributed by atoms with Crippen LogP contribution in [0.25, 0.3) is 11.0 Å². The van der Waals surface area contributed by atoms with Crippen molar-refractivity contribution in [1.82, 2.24) is 14.5 Å². The average Bonchev–Trinajstić information content (AvgIpc) is 2.58. The van der Waals surface area contributed by atoms with Gasteiger partial charge >= 0.3 is 0 Å². The van der Waals surface area contributed by atoms with E-state index in [-0.39, 0.29) is 29.1 Å². The van der Waals surface area contributed by atoms with E-state index >= 15 is 0 Å². The van der Waals surface area contributed by atoms with Crippen molar-refractivity contribution in [1.29, 1.82) is 0 Å². The van der Waals surface area contributed by atoms with Crippen LogP contribution in [-0.2, 0) is 16.4 Å². The van der Waals surface area contributed by atoms with Crippen molar-refractivity contribution < 1.29 is 27.0 Å². The van der Waals surface area contributed by atoms with E-state index in [1.165, 1.54) is 26.1 Å². The quantitative estimate of drug-likeness (QED) is 0.623. The first-order chi connectivity index (χ1) is 13.3. The largest absolute Gasteiger partial charge is 0.448 e. The predicted octanol–water partition coefficient (Wildman–Crippen LogP) is 2.04. The second-order valence-corrected chi connectivity index (χ2v) is 9.00. The van der Waals surface area contributed by atoms with Gasteiger partial charge in [0.05, 0.1) is 12.1 Å². The Morgan fingerprint density at radius 3 is 2.48 bits per heavy atom. The number of nitrogens with zero attached hydrogens (tertiary/aromatic N) is 3. The van der Waals surface area contributed by atoms with Gasteiger partial charge in [-0.2, -0.15) is 4.98 Å². The molecule has 3 rings (SSSR count). The zero-order valence-electron chi connectivity index (χ0n) is 15.7. The molecule has 1 aromatic carbocycles. The predicted molar refractivity (Wildman–Crippen MR) is 99.6 cm³/mol.